The van der Waals surface area contributed by atoms with Crippen LogP contribution in [-0.2, 0) is 4.79 Å². The van der Waals surface area contributed by atoms with Gasteiger partial charge in [-0.25, -0.2) is 4.39 Å². The molecule has 0 aromatic rings. The summed E-state index contributed by atoms with van der Waals surface area (Å²) in [7, 11) is 0. The minimum atomic E-state index is -1.19. The van der Waals surface area contributed by atoms with E-state index in [4.69, 9.17) is 0 Å². The van der Waals surface area contributed by atoms with E-state index in [1.54, 1.807) is 0 Å². The molecule has 2 heteroatoms. The van der Waals surface area contributed by atoms with Crippen molar-refractivity contribution in [2.24, 2.45) is 11.3 Å². The van der Waals surface area contributed by atoms with Gasteiger partial charge in [0.2, 0.25) is 0 Å². The lowest BCUT2D eigenvalue weighted by atomic mass is 9.69. The lowest BCUT2D eigenvalue weighted by molar-refractivity contribution is -0.127. The Morgan fingerprint density at radius 1 is 1.54 bits per heavy atom. The average molecular weight is 186 g/mol. The van der Waals surface area contributed by atoms with Crippen molar-refractivity contribution in [3.05, 3.63) is 0 Å². The Bertz CT molecular complexity index is 198. The highest BCUT2D eigenvalue weighted by molar-refractivity contribution is 5.83. The number of Topliss-reactive ketones (excluding diaryl/α,β-unsaturated/α-hetero) is 1. The van der Waals surface area contributed by atoms with E-state index in [0.717, 1.165) is 12.8 Å². The molecule has 0 N–H and O–H groups in total. The van der Waals surface area contributed by atoms with Gasteiger partial charge in [-0.3, -0.25) is 4.79 Å². The molecule has 0 heterocycles. The van der Waals surface area contributed by atoms with E-state index in [1.165, 1.54) is 0 Å². The molecule has 0 amide bonds. The largest absolute Gasteiger partial charge is 0.296 e. The zero-order valence-corrected chi connectivity index (χ0v) is 8.77. The summed E-state index contributed by atoms with van der Waals surface area (Å²) in [5, 5.41) is 0. The second-order valence-electron chi connectivity index (χ2n) is 4.75. The topological polar surface area (TPSA) is 17.1 Å². The molecule has 0 radical (unpaired) electrons. The van der Waals surface area contributed by atoms with E-state index in [-0.39, 0.29) is 11.2 Å². The highest BCUT2D eigenvalue weighted by Crippen LogP contribution is 2.40. The molecule has 0 aromatic carbocycles. The lowest BCUT2D eigenvalue weighted by Gasteiger charge is -2.36. The molecule has 1 rings (SSSR count). The first-order valence-electron chi connectivity index (χ1n) is 5.14. The monoisotopic (exact) mass is 186 g/mol. The van der Waals surface area contributed by atoms with Crippen molar-refractivity contribution in [2.45, 2.75) is 52.6 Å². The fraction of sp³-hybridized carbons (Fsp3) is 0.909. The maximum atomic E-state index is 13.1. The summed E-state index contributed by atoms with van der Waals surface area (Å²) in [5.41, 5.74) is 0.186. The summed E-state index contributed by atoms with van der Waals surface area (Å²) in [6.45, 7) is 6.46. The van der Waals surface area contributed by atoms with Gasteiger partial charge >= 0.3 is 0 Å². The van der Waals surface area contributed by atoms with Gasteiger partial charge in [-0.1, -0.05) is 27.2 Å². The van der Waals surface area contributed by atoms with Crippen LogP contribution in [0.4, 0.5) is 4.39 Å². The van der Waals surface area contributed by atoms with Crippen LogP contribution in [0.25, 0.3) is 0 Å². The van der Waals surface area contributed by atoms with Gasteiger partial charge in [0.15, 0.2) is 12.0 Å². The summed E-state index contributed by atoms with van der Waals surface area (Å²) < 4.78 is 13.1. The molecule has 1 aliphatic rings. The lowest BCUT2D eigenvalue weighted by Crippen LogP contribution is -2.34. The summed E-state index contributed by atoms with van der Waals surface area (Å²) >= 11 is 0. The molecule has 2 atom stereocenters. The number of hydrogen-bond acceptors (Lipinski definition) is 1. The number of carbonyl (C=O) groups is 1. The Balaban J connectivity index is 2.60. The minimum absolute atomic E-state index is 0.186. The first-order chi connectivity index (χ1) is 5.97. The van der Waals surface area contributed by atoms with Crippen molar-refractivity contribution >= 4 is 5.78 Å². The smallest absolute Gasteiger partial charge is 0.166 e. The number of rotatable bonds is 2. The van der Waals surface area contributed by atoms with Crippen molar-refractivity contribution in [1.29, 1.82) is 0 Å². The summed E-state index contributed by atoms with van der Waals surface area (Å²) in [5.74, 6) is 0.188. The fourth-order valence-electron chi connectivity index (χ4n) is 1.97. The quantitative estimate of drug-likeness (QED) is 0.647. The SMILES string of the molecule is CCC(C)(C)[C@H]1CCC(=O)[C@@H](F)C1. The molecule has 13 heavy (non-hydrogen) atoms. The third-order valence-electron chi connectivity index (χ3n) is 3.60. The van der Waals surface area contributed by atoms with Gasteiger partial charge in [0.05, 0.1) is 0 Å². The Morgan fingerprint density at radius 3 is 2.62 bits per heavy atom. The zero-order chi connectivity index (χ0) is 10.1. The second-order valence-corrected chi connectivity index (χ2v) is 4.75. The number of alkyl halides is 1. The fourth-order valence-corrected chi connectivity index (χ4v) is 1.97. The van der Waals surface area contributed by atoms with Crippen LogP contribution in [0, 0.1) is 11.3 Å². The molecule has 0 bridgehead atoms. The van der Waals surface area contributed by atoms with Crippen LogP contribution in [0.3, 0.4) is 0 Å². The van der Waals surface area contributed by atoms with Gasteiger partial charge in [-0.15, -0.1) is 0 Å². The summed E-state index contributed by atoms with van der Waals surface area (Å²) in [6.07, 6.45) is 1.62. The van der Waals surface area contributed by atoms with Gasteiger partial charge < -0.3 is 0 Å². The van der Waals surface area contributed by atoms with Crippen LogP contribution in [0.5, 0.6) is 0 Å². The van der Waals surface area contributed by atoms with Gasteiger partial charge in [-0.2, -0.15) is 0 Å². The first-order valence-corrected chi connectivity index (χ1v) is 5.14. The van der Waals surface area contributed by atoms with E-state index in [0.29, 0.717) is 18.8 Å². The van der Waals surface area contributed by atoms with Crippen LogP contribution in [0.2, 0.25) is 0 Å². The van der Waals surface area contributed by atoms with E-state index in [9.17, 15) is 9.18 Å². The van der Waals surface area contributed by atoms with E-state index in [1.807, 2.05) is 0 Å². The standard InChI is InChI=1S/C11H19FO/c1-4-11(2,3)8-5-6-10(13)9(12)7-8/h8-9H,4-7H2,1-3H3/t8-,9-/m0/s1. The molecule has 1 saturated carbocycles. The highest BCUT2D eigenvalue weighted by Gasteiger charge is 2.36. The van der Waals surface area contributed by atoms with E-state index >= 15 is 0 Å². The maximum absolute atomic E-state index is 13.1. The molecule has 76 valence electrons. The van der Waals surface area contributed by atoms with Gasteiger partial charge in [0.25, 0.3) is 0 Å². The third kappa shape index (κ3) is 2.29. The number of ketones is 1. The highest BCUT2D eigenvalue weighted by atomic mass is 19.1. The minimum Gasteiger partial charge on any atom is -0.296 e. The van der Waals surface area contributed by atoms with Crippen LogP contribution in [-0.4, -0.2) is 12.0 Å². The van der Waals surface area contributed by atoms with Gasteiger partial charge in [0.1, 0.15) is 0 Å². The predicted octanol–water partition coefficient (Wildman–Crippen LogP) is 3.13. The molecule has 0 saturated heterocycles. The van der Waals surface area contributed by atoms with E-state index < -0.39 is 6.17 Å². The Labute approximate surface area is 79.7 Å². The molecular formula is C11H19FO. The number of hydrogen-bond donors (Lipinski definition) is 0. The predicted molar refractivity (Wildman–Crippen MR) is 51.3 cm³/mol. The molecule has 0 unspecified atom stereocenters. The molecule has 0 aliphatic heterocycles. The van der Waals surface area contributed by atoms with Gasteiger partial charge in [-0.05, 0) is 24.2 Å². The van der Waals surface area contributed by atoms with E-state index in [2.05, 4.69) is 20.8 Å². The third-order valence-corrected chi connectivity index (χ3v) is 3.60. The Morgan fingerprint density at radius 2 is 2.15 bits per heavy atom. The van der Waals surface area contributed by atoms with Crippen LogP contribution < -0.4 is 0 Å². The first kappa shape index (κ1) is 10.7. The van der Waals surface area contributed by atoms with Crippen LogP contribution in [0.1, 0.15) is 46.5 Å². The molecule has 1 aliphatic carbocycles. The van der Waals surface area contributed by atoms with Gasteiger partial charge in [0, 0.05) is 6.42 Å². The van der Waals surface area contributed by atoms with Crippen molar-refractivity contribution < 1.29 is 9.18 Å². The summed E-state index contributed by atoms with van der Waals surface area (Å²) in [6, 6.07) is 0. The molecular weight excluding hydrogens is 167 g/mol. The van der Waals surface area contributed by atoms with Crippen molar-refractivity contribution in [3.8, 4) is 0 Å². The average Bonchev–Trinajstić information content (AvgIpc) is 2.09. The van der Waals surface area contributed by atoms with Crippen molar-refractivity contribution in [2.75, 3.05) is 0 Å². The molecule has 1 fully saturated rings. The van der Waals surface area contributed by atoms with Crippen molar-refractivity contribution in [3.63, 3.8) is 0 Å². The molecule has 0 aromatic heterocycles. The Hall–Kier alpha value is -0.400. The summed E-state index contributed by atoms with van der Waals surface area (Å²) in [4.78, 5) is 11.0. The molecule has 0 spiro atoms. The number of carbonyl (C=O) groups excluding carboxylic acids is 1. The Kier molecular flexibility index (Phi) is 3.09. The zero-order valence-electron chi connectivity index (χ0n) is 8.77. The van der Waals surface area contributed by atoms with Crippen LogP contribution >= 0.6 is 0 Å². The molecule has 1 nitrogen and oxygen atoms in total. The normalized spacial score (nSPS) is 30.6. The maximum Gasteiger partial charge on any atom is 0.166 e. The second kappa shape index (κ2) is 3.77. The van der Waals surface area contributed by atoms with Crippen molar-refractivity contribution in [1.82, 2.24) is 0 Å². The van der Waals surface area contributed by atoms with Crippen LogP contribution in [0.15, 0.2) is 0 Å². The number of halogens is 1.